The Labute approximate surface area is 533 Å². The molecule has 0 saturated heterocycles. The summed E-state index contributed by atoms with van der Waals surface area (Å²) in [6.45, 7) is 42.4. The Bertz CT molecular complexity index is 3340. The summed E-state index contributed by atoms with van der Waals surface area (Å²) in [6.07, 6.45) is 0.129. The average Bonchev–Trinajstić information content (AvgIpc) is 2.99. The van der Waals surface area contributed by atoms with Gasteiger partial charge in [-0.15, -0.1) is 23.2 Å². The van der Waals surface area contributed by atoms with Crippen LogP contribution in [0.2, 0.25) is 0 Å². The molecule has 500 valence electrons. The maximum absolute atomic E-state index is 13.8. The molecule has 0 unspecified atom stereocenters. The molecule has 0 fully saturated rings. The van der Waals surface area contributed by atoms with Crippen molar-refractivity contribution in [2.45, 2.75) is 61.8 Å². The summed E-state index contributed by atoms with van der Waals surface area (Å²) < 4.78 is 154. The van der Waals surface area contributed by atoms with Gasteiger partial charge in [0.05, 0.1) is 0 Å². The number of carboxylic acids is 1. The number of aromatic hydroxyl groups is 2. The third-order valence-corrected chi connectivity index (χ3v) is 9.99. The molecule has 0 aliphatic carbocycles. The molecule has 0 saturated carbocycles. The molecule has 0 amide bonds. The Balaban J connectivity index is -0.000000508. The van der Waals surface area contributed by atoms with Crippen LogP contribution in [0.4, 0.5) is 43.9 Å². The number of ether oxygens (including phenoxy) is 5. The highest BCUT2D eigenvalue weighted by Crippen LogP contribution is 2.31. The summed E-state index contributed by atoms with van der Waals surface area (Å²) in [5.41, 5.74) is 3.85. The van der Waals surface area contributed by atoms with Crippen molar-refractivity contribution in [3.63, 3.8) is 0 Å². The molecule has 0 radical (unpaired) electrons. The number of halogens is 12. The summed E-state index contributed by atoms with van der Waals surface area (Å²) in [6, 6.07) is 10.9. The SMILES string of the molecule is C=C(C)CCl.C=C(C)CCl.C=C(C)COC(=O)c1c(O)c(CC(=C)C)cc(F)c1F.C=C(C)COC(=O)c1c(OCC(=C)C)ccc(F)c1F.C=C(C)COc1ccc(F)c(F)c1.C=C(C)COc1ccc(F)c(F)c1C(=O)O.O=CO.Oc1ccc(F)c(F)c1.[2HH]. The van der Waals surface area contributed by atoms with Gasteiger partial charge in [0.15, 0.2) is 58.2 Å². The Morgan fingerprint density at radius 2 is 0.791 bits per heavy atom. The third-order valence-electron chi connectivity index (χ3n) is 9.08. The first-order valence-electron chi connectivity index (χ1n) is 25.8. The molecule has 0 heterocycles. The van der Waals surface area contributed by atoms with Crippen LogP contribution in [0.3, 0.4) is 0 Å². The molecule has 0 aromatic heterocycles. The fourth-order valence-corrected chi connectivity index (χ4v) is 5.19. The number of carbonyl (C=O) groups excluding carboxylic acids is 2. The van der Waals surface area contributed by atoms with Crippen molar-refractivity contribution in [2.24, 2.45) is 0 Å². The lowest BCUT2D eigenvalue weighted by atomic mass is 10.0. The Morgan fingerprint density at radius 1 is 0.451 bits per heavy atom. The number of carbonyl (C=O) groups is 4. The van der Waals surface area contributed by atoms with Crippen LogP contribution >= 0.6 is 23.2 Å². The van der Waals surface area contributed by atoms with E-state index in [0.29, 0.717) is 52.0 Å². The fraction of sp³-hybridized carbons (Fsp3) is 0.242. The largest absolute Gasteiger partial charge is 0.508 e. The van der Waals surface area contributed by atoms with E-state index in [1.165, 1.54) is 12.1 Å². The van der Waals surface area contributed by atoms with Crippen LogP contribution in [-0.2, 0) is 20.7 Å². The van der Waals surface area contributed by atoms with Crippen LogP contribution < -0.4 is 14.2 Å². The molecular formula is C66H74Cl2F10O13. The van der Waals surface area contributed by atoms with Gasteiger partial charge in [-0.2, -0.15) is 0 Å². The zero-order valence-electron chi connectivity index (χ0n) is 51.2. The summed E-state index contributed by atoms with van der Waals surface area (Å²) in [7, 11) is 0. The highest BCUT2D eigenvalue weighted by atomic mass is 35.5. The van der Waals surface area contributed by atoms with E-state index in [-0.39, 0.29) is 63.6 Å². The van der Waals surface area contributed by atoms with Gasteiger partial charge in [-0.1, -0.05) is 69.4 Å². The van der Waals surface area contributed by atoms with Gasteiger partial charge < -0.3 is 44.1 Å². The van der Waals surface area contributed by atoms with Crippen LogP contribution in [0, 0.1) is 58.2 Å². The summed E-state index contributed by atoms with van der Waals surface area (Å²) in [5, 5.41) is 34.1. The number of esters is 2. The summed E-state index contributed by atoms with van der Waals surface area (Å²) >= 11 is 10.5. The molecule has 13 nitrogen and oxygen atoms in total. The molecule has 25 heteroatoms. The number of carboxylic acid groups (broad SMARTS) is 2. The summed E-state index contributed by atoms with van der Waals surface area (Å²) in [4.78, 5) is 42.6. The van der Waals surface area contributed by atoms with Gasteiger partial charge in [0.25, 0.3) is 6.47 Å². The monoisotopic (exact) mass is 1340 g/mol. The van der Waals surface area contributed by atoms with Gasteiger partial charge in [0, 0.05) is 30.9 Å². The molecule has 4 N–H and O–H groups in total. The lowest BCUT2D eigenvalue weighted by Crippen LogP contribution is -2.13. The van der Waals surface area contributed by atoms with Gasteiger partial charge in [-0.05, 0) is 144 Å². The lowest BCUT2D eigenvalue weighted by Gasteiger charge is -2.12. The minimum absolute atomic E-state index is 0. The van der Waals surface area contributed by atoms with E-state index >= 15 is 0 Å². The number of alkyl halides is 2. The zero-order chi connectivity index (χ0) is 71.0. The molecule has 0 spiro atoms. The quantitative estimate of drug-likeness (QED) is 0.0189. The Hall–Kier alpha value is -9.22. The van der Waals surface area contributed by atoms with Crippen molar-refractivity contribution >= 4 is 47.6 Å². The van der Waals surface area contributed by atoms with Crippen molar-refractivity contribution in [3.05, 3.63) is 244 Å². The second kappa shape index (κ2) is 45.9. The molecule has 0 bridgehead atoms. The smallest absolute Gasteiger partial charge is 0.345 e. The van der Waals surface area contributed by atoms with Gasteiger partial charge >= 0.3 is 17.9 Å². The maximum Gasteiger partial charge on any atom is 0.345 e. The Morgan fingerprint density at radius 3 is 1.14 bits per heavy atom. The average molecular weight is 1340 g/mol. The van der Waals surface area contributed by atoms with Gasteiger partial charge in [-0.3, -0.25) is 4.79 Å². The lowest BCUT2D eigenvalue weighted by molar-refractivity contribution is -0.122. The van der Waals surface area contributed by atoms with Crippen molar-refractivity contribution in [1.29, 1.82) is 0 Å². The highest BCUT2D eigenvalue weighted by molar-refractivity contribution is 6.19. The van der Waals surface area contributed by atoms with E-state index in [9.17, 15) is 63.4 Å². The standard InChI is InChI=1S/2C15H16F2O3.C11H10F2O3.C10H10F2O.C6H4F2O.2C4H7Cl.CH2O2.H2/c1-8(2)5-10-6-11(16)13(17)12(14(10)18)15(19)20-7-9(3)4;1-9(2)7-19-12-6-5-11(16)14(17)13(12)15(18)20-8-10(3)4;1-6(2)5-16-8-4-3-7(12)10(13)9(8)11(14)15;1-7(2)6-13-8-3-4-9(11)10(12)5-8;7-5-2-1-4(9)3-6(5)8;2*1-4(2)3-5;2-1-3;/h6,18H,1,3,5,7H2,2,4H3;5-6H,1,3,7-8H2,2,4H3;3-4H,1,5H2,2H3,(H,14,15);3-5H,1,6H2,2H3;1-3,9H;2*1,3H2,2H3;1H,(H,2,3);1H/i;;;;;;;;1+1. The van der Waals surface area contributed by atoms with E-state index in [1.807, 2.05) is 13.8 Å². The minimum atomic E-state index is -1.58. The molecule has 5 aromatic rings. The molecule has 91 heavy (non-hydrogen) atoms. The van der Waals surface area contributed by atoms with Gasteiger partial charge in [-0.25, -0.2) is 58.3 Å². The molecule has 0 aliphatic rings. The minimum Gasteiger partial charge on any atom is -0.508 e. The van der Waals surface area contributed by atoms with Crippen molar-refractivity contribution in [1.82, 2.24) is 0 Å². The van der Waals surface area contributed by atoms with Crippen molar-refractivity contribution in [3.8, 4) is 28.7 Å². The Kier molecular flexibility index (Phi) is 43.4. The fourth-order valence-electron chi connectivity index (χ4n) is 5.19. The summed E-state index contributed by atoms with van der Waals surface area (Å²) in [5.74, 6) is -14.9. The normalized spacial score (nSPS) is 9.49. The number of hydrogen-bond donors (Lipinski definition) is 4. The number of benzene rings is 5. The first-order valence-corrected chi connectivity index (χ1v) is 26.9. The van der Waals surface area contributed by atoms with Crippen LogP contribution in [-0.4, -0.2) is 89.6 Å². The van der Waals surface area contributed by atoms with E-state index in [2.05, 4.69) is 52.6 Å². The second-order valence-corrected chi connectivity index (χ2v) is 19.8. The predicted octanol–water partition coefficient (Wildman–Crippen LogP) is 17.9. The van der Waals surface area contributed by atoms with Gasteiger partial charge in [0.2, 0.25) is 0 Å². The third kappa shape index (κ3) is 37.4. The van der Waals surface area contributed by atoms with E-state index in [0.717, 1.165) is 71.3 Å². The van der Waals surface area contributed by atoms with E-state index < -0.39 is 98.5 Å². The topological polar surface area (TPSA) is 195 Å². The van der Waals surface area contributed by atoms with Crippen molar-refractivity contribution < 1.29 is 109 Å². The number of allylic oxidation sites excluding steroid dienone is 3. The highest BCUT2D eigenvalue weighted by Gasteiger charge is 2.26. The first kappa shape index (κ1) is 86.0. The van der Waals surface area contributed by atoms with Crippen LogP contribution in [0.25, 0.3) is 0 Å². The number of phenolic OH excluding ortho intramolecular Hbond substituents is 2. The van der Waals surface area contributed by atoms with Crippen molar-refractivity contribution in [2.75, 3.05) is 44.8 Å². The first-order chi connectivity index (χ1) is 42.2. The molecule has 5 aromatic carbocycles. The molecule has 5 rings (SSSR count). The van der Waals surface area contributed by atoms with Crippen LogP contribution in [0.15, 0.2) is 164 Å². The molecule has 0 aliphatic heterocycles. The van der Waals surface area contributed by atoms with E-state index in [1.54, 1.807) is 41.5 Å². The molecular weight excluding hydrogens is 1260 g/mol. The second-order valence-electron chi connectivity index (χ2n) is 19.2. The number of aromatic carboxylic acids is 1. The van der Waals surface area contributed by atoms with Crippen LogP contribution in [0.5, 0.6) is 28.7 Å². The van der Waals surface area contributed by atoms with Gasteiger partial charge in [0.1, 0.15) is 78.5 Å². The maximum atomic E-state index is 13.8. The number of hydrogen-bond acceptors (Lipinski definition) is 11. The number of rotatable bonds is 20. The van der Waals surface area contributed by atoms with E-state index in [4.69, 9.17) is 67.0 Å². The predicted molar refractivity (Wildman–Crippen MR) is 334 cm³/mol. The van der Waals surface area contributed by atoms with Crippen LogP contribution in [0.1, 0.15) is 93.5 Å². The number of phenols is 2. The molecule has 0 atom stereocenters. The zero-order valence-corrected chi connectivity index (χ0v) is 52.8.